The van der Waals surface area contributed by atoms with Gasteiger partial charge in [0.05, 0.1) is 11.3 Å². The van der Waals surface area contributed by atoms with E-state index in [0.29, 0.717) is 11.6 Å². The largest absolute Gasteiger partial charge is 0.352 e. The molecule has 5 heteroatoms. The highest BCUT2D eigenvalue weighted by Gasteiger charge is 2.14. The van der Waals surface area contributed by atoms with Gasteiger partial charge in [-0.3, -0.25) is 9.48 Å². The average Bonchev–Trinajstić information content (AvgIpc) is 2.70. The normalized spacial score (nSPS) is 19.8. The van der Waals surface area contributed by atoms with Crippen molar-refractivity contribution in [3.8, 4) is 0 Å². The second-order valence-electron chi connectivity index (χ2n) is 4.99. The first kappa shape index (κ1) is 13.1. The third kappa shape index (κ3) is 3.32. The second kappa shape index (κ2) is 6.00. The number of rotatable bonds is 4. The number of carbonyl (C=O) groups is 1. The molecule has 1 aliphatic rings. The second-order valence-corrected chi connectivity index (χ2v) is 4.99. The lowest BCUT2D eigenvalue weighted by Gasteiger charge is -2.23. The van der Waals surface area contributed by atoms with Gasteiger partial charge in [-0.05, 0) is 32.7 Å². The Bertz CT molecular complexity index is 407. The minimum absolute atomic E-state index is 0.0172. The van der Waals surface area contributed by atoms with E-state index in [0.717, 1.165) is 25.2 Å². The molecule has 1 amide bonds. The van der Waals surface area contributed by atoms with Gasteiger partial charge in [0.15, 0.2) is 0 Å². The maximum absolute atomic E-state index is 11.9. The summed E-state index contributed by atoms with van der Waals surface area (Å²) in [4.78, 5) is 11.9. The van der Waals surface area contributed by atoms with Gasteiger partial charge in [-0.15, -0.1) is 0 Å². The van der Waals surface area contributed by atoms with Gasteiger partial charge in [-0.25, -0.2) is 0 Å². The Hall–Kier alpha value is -1.36. The van der Waals surface area contributed by atoms with Crippen molar-refractivity contribution in [3.05, 3.63) is 17.5 Å². The number of hydrogen-bond acceptors (Lipinski definition) is 3. The van der Waals surface area contributed by atoms with Gasteiger partial charge >= 0.3 is 0 Å². The molecule has 2 rings (SSSR count). The van der Waals surface area contributed by atoms with E-state index in [-0.39, 0.29) is 5.91 Å². The lowest BCUT2D eigenvalue weighted by Crippen LogP contribution is -2.37. The number of carbonyl (C=O) groups excluding carboxylic acids is 1. The molecular weight excluding hydrogens is 228 g/mol. The lowest BCUT2D eigenvalue weighted by atomic mass is 10.0. The average molecular weight is 250 g/mol. The Morgan fingerprint density at radius 2 is 2.44 bits per heavy atom. The SMILES string of the molecule is Cc1nn(C)cc1C(=O)NCCC1CCCCN1. The van der Waals surface area contributed by atoms with E-state index in [2.05, 4.69) is 15.7 Å². The quantitative estimate of drug-likeness (QED) is 0.838. The van der Waals surface area contributed by atoms with E-state index in [1.54, 1.807) is 10.9 Å². The minimum Gasteiger partial charge on any atom is -0.352 e. The zero-order chi connectivity index (χ0) is 13.0. The Kier molecular flexibility index (Phi) is 4.36. The fraction of sp³-hybridized carbons (Fsp3) is 0.692. The Balaban J connectivity index is 1.76. The van der Waals surface area contributed by atoms with Gasteiger partial charge < -0.3 is 10.6 Å². The maximum atomic E-state index is 11.9. The molecule has 5 nitrogen and oxygen atoms in total. The molecule has 0 saturated carbocycles. The van der Waals surface area contributed by atoms with Crippen molar-refractivity contribution in [3.63, 3.8) is 0 Å². The zero-order valence-corrected chi connectivity index (χ0v) is 11.2. The molecule has 1 atom stereocenters. The van der Waals surface area contributed by atoms with Gasteiger partial charge in [0, 0.05) is 25.8 Å². The van der Waals surface area contributed by atoms with Crippen LogP contribution in [0.1, 0.15) is 41.7 Å². The zero-order valence-electron chi connectivity index (χ0n) is 11.2. The number of aryl methyl sites for hydroxylation is 2. The van der Waals surface area contributed by atoms with Crippen LogP contribution in [0.4, 0.5) is 0 Å². The van der Waals surface area contributed by atoms with Crippen LogP contribution >= 0.6 is 0 Å². The fourth-order valence-corrected chi connectivity index (χ4v) is 2.45. The number of nitrogens with one attached hydrogen (secondary N) is 2. The highest BCUT2D eigenvalue weighted by atomic mass is 16.1. The van der Waals surface area contributed by atoms with E-state index < -0.39 is 0 Å². The number of aromatic nitrogens is 2. The molecule has 0 aliphatic carbocycles. The topological polar surface area (TPSA) is 59.0 Å². The van der Waals surface area contributed by atoms with Gasteiger partial charge in [-0.2, -0.15) is 5.10 Å². The number of amides is 1. The molecule has 1 aliphatic heterocycles. The van der Waals surface area contributed by atoms with Gasteiger partial charge in [-0.1, -0.05) is 6.42 Å². The summed E-state index contributed by atoms with van der Waals surface area (Å²) in [6.07, 6.45) is 6.57. The molecule has 1 unspecified atom stereocenters. The van der Waals surface area contributed by atoms with Crippen LogP contribution in [0.3, 0.4) is 0 Å². The first-order valence-electron chi connectivity index (χ1n) is 6.68. The van der Waals surface area contributed by atoms with Crippen molar-refractivity contribution in [2.24, 2.45) is 7.05 Å². The van der Waals surface area contributed by atoms with Crippen molar-refractivity contribution in [2.45, 2.75) is 38.6 Å². The van der Waals surface area contributed by atoms with Gasteiger partial charge in [0.25, 0.3) is 5.91 Å². The summed E-state index contributed by atoms with van der Waals surface area (Å²) in [7, 11) is 1.83. The summed E-state index contributed by atoms with van der Waals surface area (Å²) in [6, 6.07) is 0.564. The summed E-state index contributed by atoms with van der Waals surface area (Å²) in [6.45, 7) is 3.70. The third-order valence-corrected chi connectivity index (χ3v) is 3.45. The van der Waals surface area contributed by atoms with Crippen molar-refractivity contribution < 1.29 is 4.79 Å². The minimum atomic E-state index is -0.0172. The maximum Gasteiger partial charge on any atom is 0.254 e. The van der Waals surface area contributed by atoms with Crippen LogP contribution in [0.5, 0.6) is 0 Å². The number of nitrogens with zero attached hydrogens (tertiary/aromatic N) is 2. The smallest absolute Gasteiger partial charge is 0.254 e. The van der Waals surface area contributed by atoms with Crippen LogP contribution < -0.4 is 10.6 Å². The molecule has 0 aromatic carbocycles. The molecule has 0 radical (unpaired) electrons. The van der Waals surface area contributed by atoms with Crippen LogP contribution in [-0.2, 0) is 7.05 Å². The van der Waals surface area contributed by atoms with Crippen LogP contribution in [-0.4, -0.2) is 34.8 Å². The standard InChI is InChI=1S/C13H22N4O/c1-10-12(9-17(2)16-10)13(18)15-8-6-11-5-3-4-7-14-11/h9,11,14H,3-8H2,1-2H3,(H,15,18). The molecular formula is C13H22N4O. The molecule has 18 heavy (non-hydrogen) atoms. The molecule has 100 valence electrons. The van der Waals surface area contributed by atoms with Crippen LogP contribution in [0, 0.1) is 6.92 Å². The number of hydrogen-bond donors (Lipinski definition) is 2. The van der Waals surface area contributed by atoms with Gasteiger partial charge in [0.2, 0.25) is 0 Å². The van der Waals surface area contributed by atoms with Crippen LogP contribution in [0.2, 0.25) is 0 Å². The predicted octanol–water partition coefficient (Wildman–Crippen LogP) is 0.991. The van der Waals surface area contributed by atoms with Crippen molar-refractivity contribution in [1.29, 1.82) is 0 Å². The molecule has 1 aromatic heterocycles. The fourth-order valence-electron chi connectivity index (χ4n) is 2.45. The molecule has 1 fully saturated rings. The van der Waals surface area contributed by atoms with Crippen molar-refractivity contribution in [2.75, 3.05) is 13.1 Å². The summed E-state index contributed by atoms with van der Waals surface area (Å²) in [5.74, 6) is -0.0172. The van der Waals surface area contributed by atoms with Crippen LogP contribution in [0.25, 0.3) is 0 Å². The van der Waals surface area contributed by atoms with E-state index in [9.17, 15) is 4.79 Å². The van der Waals surface area contributed by atoms with E-state index >= 15 is 0 Å². The molecule has 1 saturated heterocycles. The summed E-state index contributed by atoms with van der Waals surface area (Å²) in [5.41, 5.74) is 1.46. The Labute approximate surface area is 108 Å². The summed E-state index contributed by atoms with van der Waals surface area (Å²) in [5, 5.41) is 10.6. The number of piperidine rings is 1. The van der Waals surface area contributed by atoms with Crippen LogP contribution in [0.15, 0.2) is 6.20 Å². The molecule has 0 spiro atoms. The van der Waals surface area contributed by atoms with E-state index in [1.165, 1.54) is 19.3 Å². The highest BCUT2D eigenvalue weighted by Crippen LogP contribution is 2.09. The monoisotopic (exact) mass is 250 g/mol. The van der Waals surface area contributed by atoms with Gasteiger partial charge in [0.1, 0.15) is 0 Å². The molecule has 0 bridgehead atoms. The molecule has 2 heterocycles. The first-order valence-corrected chi connectivity index (χ1v) is 6.68. The predicted molar refractivity (Wildman–Crippen MR) is 70.5 cm³/mol. The highest BCUT2D eigenvalue weighted by molar-refractivity contribution is 5.94. The van der Waals surface area contributed by atoms with E-state index in [1.807, 2.05) is 14.0 Å². The summed E-state index contributed by atoms with van der Waals surface area (Å²) >= 11 is 0. The summed E-state index contributed by atoms with van der Waals surface area (Å²) < 4.78 is 1.67. The van der Waals surface area contributed by atoms with E-state index in [4.69, 9.17) is 0 Å². The Morgan fingerprint density at radius 3 is 3.06 bits per heavy atom. The molecule has 2 N–H and O–H groups in total. The van der Waals surface area contributed by atoms with Crippen molar-refractivity contribution in [1.82, 2.24) is 20.4 Å². The Morgan fingerprint density at radius 1 is 1.61 bits per heavy atom. The van der Waals surface area contributed by atoms with Crippen molar-refractivity contribution >= 4 is 5.91 Å². The molecule has 1 aromatic rings. The lowest BCUT2D eigenvalue weighted by molar-refractivity contribution is 0.0951. The first-order chi connectivity index (χ1) is 8.66. The third-order valence-electron chi connectivity index (χ3n) is 3.45.